The number of hydrogen-bond acceptors (Lipinski definition) is 6. The monoisotopic (exact) mass is 486 g/mol. The van der Waals surface area contributed by atoms with Crippen LogP contribution in [0.4, 0.5) is 4.39 Å². The Kier molecular flexibility index (Phi) is 7.42. The molecule has 2 amide bonds. The van der Waals surface area contributed by atoms with Gasteiger partial charge in [-0.05, 0) is 49.4 Å². The summed E-state index contributed by atoms with van der Waals surface area (Å²) < 4.78 is 24.0. The average Bonchev–Trinajstić information content (AvgIpc) is 3.32. The van der Waals surface area contributed by atoms with Gasteiger partial charge in [-0.3, -0.25) is 9.59 Å². The highest BCUT2D eigenvalue weighted by atomic mass is 35.5. The summed E-state index contributed by atoms with van der Waals surface area (Å²) in [5, 5.41) is 4.07. The molecule has 0 saturated carbocycles. The van der Waals surface area contributed by atoms with E-state index in [2.05, 4.69) is 10.1 Å². The second-order valence-corrected chi connectivity index (χ2v) is 8.17. The zero-order chi connectivity index (χ0) is 24.1. The van der Waals surface area contributed by atoms with Crippen LogP contribution in [0, 0.1) is 5.82 Å². The number of halogens is 2. The van der Waals surface area contributed by atoms with Crippen LogP contribution in [-0.2, 0) is 11.2 Å². The minimum atomic E-state index is -0.496. The first kappa shape index (κ1) is 23.7. The summed E-state index contributed by atoms with van der Waals surface area (Å²) in [6, 6.07) is 11.1. The van der Waals surface area contributed by atoms with Crippen LogP contribution in [0.3, 0.4) is 0 Å². The fourth-order valence-corrected chi connectivity index (χ4v) is 3.95. The van der Waals surface area contributed by atoms with E-state index in [9.17, 15) is 14.0 Å². The Bertz CT molecular complexity index is 1160. The summed E-state index contributed by atoms with van der Waals surface area (Å²) in [5.41, 5.74) is 1.05. The summed E-state index contributed by atoms with van der Waals surface area (Å²) >= 11 is 6.01. The molecule has 178 valence electrons. The topological polar surface area (TPSA) is 88.8 Å². The number of carbonyl (C=O) groups excluding carboxylic acids is 2. The van der Waals surface area contributed by atoms with Crippen LogP contribution in [-0.4, -0.2) is 64.5 Å². The number of benzene rings is 2. The molecule has 0 aliphatic carbocycles. The molecule has 0 spiro atoms. The molecule has 34 heavy (non-hydrogen) atoms. The maximum absolute atomic E-state index is 13.2. The van der Waals surface area contributed by atoms with Gasteiger partial charge < -0.3 is 19.1 Å². The molecule has 4 rings (SSSR count). The zero-order valence-corrected chi connectivity index (χ0v) is 19.4. The molecule has 0 N–H and O–H groups in total. The van der Waals surface area contributed by atoms with Crippen molar-refractivity contribution in [3.8, 4) is 17.1 Å². The van der Waals surface area contributed by atoms with E-state index >= 15 is 0 Å². The molecule has 0 atom stereocenters. The number of ether oxygens (including phenoxy) is 1. The number of rotatable bonds is 7. The molecule has 0 bridgehead atoms. The predicted octanol–water partition coefficient (Wildman–Crippen LogP) is 3.85. The molecule has 0 radical (unpaired) electrons. The minimum Gasteiger partial charge on any atom is -0.494 e. The number of aromatic nitrogens is 2. The van der Waals surface area contributed by atoms with E-state index in [4.69, 9.17) is 20.9 Å². The highest BCUT2D eigenvalue weighted by Crippen LogP contribution is 2.22. The maximum atomic E-state index is 13.2. The number of piperazine rings is 1. The van der Waals surface area contributed by atoms with Crippen molar-refractivity contribution in [2.75, 3.05) is 32.8 Å². The Morgan fingerprint density at radius 3 is 2.47 bits per heavy atom. The summed E-state index contributed by atoms with van der Waals surface area (Å²) in [5.74, 6) is 0.791. The molecule has 10 heteroatoms. The minimum absolute atomic E-state index is 0.0484. The Morgan fingerprint density at radius 1 is 1.09 bits per heavy atom. The number of amides is 2. The van der Waals surface area contributed by atoms with E-state index in [1.54, 1.807) is 9.80 Å². The van der Waals surface area contributed by atoms with Crippen molar-refractivity contribution in [3.63, 3.8) is 0 Å². The summed E-state index contributed by atoms with van der Waals surface area (Å²) in [7, 11) is 0. The van der Waals surface area contributed by atoms with Gasteiger partial charge in [0.1, 0.15) is 11.6 Å². The smallest absolute Gasteiger partial charge is 0.255 e. The first-order valence-corrected chi connectivity index (χ1v) is 11.4. The van der Waals surface area contributed by atoms with E-state index < -0.39 is 5.82 Å². The lowest BCUT2D eigenvalue weighted by molar-refractivity contribution is -0.132. The van der Waals surface area contributed by atoms with Crippen LogP contribution in [0.2, 0.25) is 5.02 Å². The van der Waals surface area contributed by atoms with Gasteiger partial charge in [-0.2, -0.15) is 4.98 Å². The number of nitrogens with zero attached hydrogens (tertiary/aromatic N) is 4. The molecule has 0 unspecified atom stereocenters. The first-order valence-electron chi connectivity index (χ1n) is 11.0. The standard InChI is InChI=1S/C24H24ClFN4O4/c1-2-33-18-6-3-16(4-7-18)23-27-21(34-28-23)9-10-22(31)29-11-13-30(14-12-29)24(32)19-8-5-17(26)15-20(19)25/h3-8,15H,2,9-14H2,1H3. The van der Waals surface area contributed by atoms with Crippen LogP contribution in [0.25, 0.3) is 11.4 Å². The lowest BCUT2D eigenvalue weighted by Crippen LogP contribution is -2.50. The van der Waals surface area contributed by atoms with E-state index in [0.717, 1.165) is 17.4 Å². The van der Waals surface area contributed by atoms with Crippen molar-refractivity contribution in [2.24, 2.45) is 0 Å². The molecule has 1 aromatic heterocycles. The quantitative estimate of drug-likeness (QED) is 0.504. The van der Waals surface area contributed by atoms with Crippen molar-refractivity contribution in [3.05, 3.63) is 64.8 Å². The van der Waals surface area contributed by atoms with Crippen molar-refractivity contribution in [1.29, 1.82) is 0 Å². The summed E-state index contributed by atoms with van der Waals surface area (Å²) in [4.78, 5) is 33.0. The van der Waals surface area contributed by atoms with Gasteiger partial charge >= 0.3 is 0 Å². The fourth-order valence-electron chi connectivity index (χ4n) is 3.70. The third kappa shape index (κ3) is 5.53. The summed E-state index contributed by atoms with van der Waals surface area (Å²) in [6.07, 6.45) is 0.551. The molecule has 1 fully saturated rings. The Morgan fingerprint density at radius 2 is 1.79 bits per heavy atom. The number of aryl methyl sites for hydroxylation is 1. The summed E-state index contributed by atoms with van der Waals surface area (Å²) in [6.45, 7) is 4.08. The van der Waals surface area contributed by atoms with E-state index in [1.807, 2.05) is 31.2 Å². The highest BCUT2D eigenvalue weighted by molar-refractivity contribution is 6.33. The lowest BCUT2D eigenvalue weighted by atomic mass is 10.1. The van der Waals surface area contributed by atoms with Crippen LogP contribution in [0.15, 0.2) is 47.0 Å². The van der Waals surface area contributed by atoms with Gasteiger partial charge in [-0.15, -0.1) is 0 Å². The Balaban J connectivity index is 1.26. The number of hydrogen-bond donors (Lipinski definition) is 0. The van der Waals surface area contributed by atoms with Crippen LogP contribution in [0.1, 0.15) is 29.6 Å². The van der Waals surface area contributed by atoms with Gasteiger partial charge in [-0.25, -0.2) is 4.39 Å². The molecule has 1 saturated heterocycles. The SMILES string of the molecule is CCOc1ccc(-c2noc(CCC(=O)N3CCN(C(=O)c4ccc(F)cc4Cl)CC3)n2)cc1. The second-order valence-electron chi connectivity index (χ2n) is 7.77. The molecule has 1 aliphatic rings. The molecule has 2 aromatic carbocycles. The second kappa shape index (κ2) is 10.6. The highest BCUT2D eigenvalue weighted by Gasteiger charge is 2.26. The molecule has 2 heterocycles. The van der Waals surface area contributed by atoms with Gasteiger partial charge in [0.25, 0.3) is 5.91 Å². The van der Waals surface area contributed by atoms with Gasteiger partial charge in [0.2, 0.25) is 17.6 Å². The lowest BCUT2D eigenvalue weighted by Gasteiger charge is -2.35. The fraction of sp³-hybridized carbons (Fsp3) is 0.333. The molecule has 8 nitrogen and oxygen atoms in total. The predicted molar refractivity (Wildman–Crippen MR) is 123 cm³/mol. The van der Waals surface area contributed by atoms with Crippen LogP contribution in [0.5, 0.6) is 5.75 Å². The van der Waals surface area contributed by atoms with Crippen LogP contribution < -0.4 is 4.74 Å². The third-order valence-corrected chi connectivity index (χ3v) is 5.84. The van der Waals surface area contributed by atoms with Gasteiger partial charge in [0, 0.05) is 44.6 Å². The number of carbonyl (C=O) groups is 2. The van der Waals surface area contributed by atoms with Crippen molar-refractivity contribution < 1.29 is 23.2 Å². The normalized spacial score (nSPS) is 13.7. The van der Waals surface area contributed by atoms with E-state index in [0.29, 0.717) is 50.9 Å². The average molecular weight is 487 g/mol. The van der Waals surface area contributed by atoms with Gasteiger partial charge in [0.15, 0.2) is 0 Å². The molecular formula is C24H24ClFN4O4. The molecule has 1 aliphatic heterocycles. The third-order valence-electron chi connectivity index (χ3n) is 5.53. The van der Waals surface area contributed by atoms with E-state index in [-0.39, 0.29) is 28.8 Å². The van der Waals surface area contributed by atoms with Crippen LogP contribution >= 0.6 is 11.6 Å². The van der Waals surface area contributed by atoms with Crippen molar-refractivity contribution in [1.82, 2.24) is 19.9 Å². The Hall–Kier alpha value is -3.46. The first-order chi connectivity index (χ1) is 16.4. The van der Waals surface area contributed by atoms with Gasteiger partial charge in [0.05, 0.1) is 17.2 Å². The van der Waals surface area contributed by atoms with Gasteiger partial charge in [-0.1, -0.05) is 16.8 Å². The van der Waals surface area contributed by atoms with E-state index in [1.165, 1.54) is 12.1 Å². The molecule has 3 aromatic rings. The largest absolute Gasteiger partial charge is 0.494 e. The zero-order valence-electron chi connectivity index (χ0n) is 18.7. The van der Waals surface area contributed by atoms with Crippen molar-refractivity contribution >= 4 is 23.4 Å². The Labute approximate surface area is 201 Å². The maximum Gasteiger partial charge on any atom is 0.255 e. The molecular weight excluding hydrogens is 463 g/mol. The van der Waals surface area contributed by atoms with Crippen molar-refractivity contribution in [2.45, 2.75) is 19.8 Å².